The SMILES string of the molecule is COc1ccccc1OC(CC(C)C)(CC(C)C)C(=O)N[C@@H]1C(=O)N2[C@@H]1SC(C)(C)[C@@H]2C(=O)[O-].[Na+]. The number of amides is 2. The molecule has 0 radical (unpaired) electrons. The average Bonchev–Trinajstić information content (AvgIpc) is 2.99. The molecule has 188 valence electrons. The largest absolute Gasteiger partial charge is 1.00 e. The zero-order valence-corrected chi connectivity index (χ0v) is 24.7. The zero-order valence-electron chi connectivity index (χ0n) is 21.9. The van der Waals surface area contributed by atoms with Crippen LogP contribution >= 0.6 is 11.8 Å². The third kappa shape index (κ3) is 5.95. The van der Waals surface area contributed by atoms with Crippen molar-refractivity contribution in [2.75, 3.05) is 7.11 Å². The molecule has 2 aliphatic heterocycles. The van der Waals surface area contributed by atoms with Gasteiger partial charge in [0.2, 0.25) is 5.91 Å². The number of aliphatic carboxylic acids is 1. The fourth-order valence-electron chi connectivity index (χ4n) is 5.03. The van der Waals surface area contributed by atoms with Crippen molar-refractivity contribution in [3.63, 3.8) is 0 Å². The molecule has 1 aromatic carbocycles. The monoisotopic (exact) mass is 514 g/mol. The van der Waals surface area contributed by atoms with Crippen molar-refractivity contribution in [2.45, 2.75) is 82.2 Å². The molecule has 8 nitrogen and oxygen atoms in total. The Balaban J connectivity index is 0.00000432. The Morgan fingerprint density at radius 1 is 1.14 bits per heavy atom. The van der Waals surface area contributed by atoms with Gasteiger partial charge in [0.15, 0.2) is 17.1 Å². The van der Waals surface area contributed by atoms with Gasteiger partial charge in [-0.05, 0) is 50.7 Å². The molecule has 1 aromatic rings. The second-order valence-corrected chi connectivity index (χ2v) is 12.2. The first-order chi connectivity index (χ1) is 15.8. The predicted octanol–water partition coefficient (Wildman–Crippen LogP) is -0.794. The van der Waals surface area contributed by atoms with E-state index in [9.17, 15) is 19.5 Å². The van der Waals surface area contributed by atoms with E-state index < -0.39 is 39.7 Å². The molecular weight excluding hydrogens is 479 g/mol. The summed E-state index contributed by atoms with van der Waals surface area (Å²) >= 11 is 1.37. The maximum absolute atomic E-state index is 13.9. The molecule has 10 heteroatoms. The van der Waals surface area contributed by atoms with Crippen molar-refractivity contribution < 1.29 is 58.5 Å². The van der Waals surface area contributed by atoms with Gasteiger partial charge in [-0.15, -0.1) is 11.8 Å². The van der Waals surface area contributed by atoms with Crippen LogP contribution in [-0.4, -0.2) is 57.6 Å². The quantitative estimate of drug-likeness (QED) is 0.322. The molecule has 2 saturated heterocycles. The van der Waals surface area contributed by atoms with Crippen molar-refractivity contribution in [1.82, 2.24) is 10.2 Å². The Hall–Kier alpha value is -1.42. The molecule has 1 N–H and O–H groups in total. The van der Waals surface area contributed by atoms with Crippen LogP contribution in [0.1, 0.15) is 54.4 Å². The number of carboxylic acid groups (broad SMARTS) is 1. The van der Waals surface area contributed by atoms with Gasteiger partial charge in [-0.3, -0.25) is 9.59 Å². The van der Waals surface area contributed by atoms with Crippen molar-refractivity contribution in [2.24, 2.45) is 11.8 Å². The Kier molecular flexibility index (Phi) is 9.64. The summed E-state index contributed by atoms with van der Waals surface area (Å²) in [6, 6.07) is 5.32. The van der Waals surface area contributed by atoms with E-state index in [2.05, 4.69) is 5.32 Å². The number of hydrogen-bond acceptors (Lipinski definition) is 7. The van der Waals surface area contributed by atoms with E-state index in [0.29, 0.717) is 24.3 Å². The van der Waals surface area contributed by atoms with Gasteiger partial charge in [0.1, 0.15) is 11.4 Å². The van der Waals surface area contributed by atoms with Crippen molar-refractivity contribution >= 4 is 29.5 Å². The molecule has 0 saturated carbocycles. The first kappa shape index (κ1) is 29.8. The molecule has 0 spiro atoms. The average molecular weight is 515 g/mol. The van der Waals surface area contributed by atoms with E-state index in [1.54, 1.807) is 33.1 Å². The van der Waals surface area contributed by atoms with Gasteiger partial charge in [-0.25, -0.2) is 0 Å². The summed E-state index contributed by atoms with van der Waals surface area (Å²) in [5, 5.41) is 14.2. The summed E-state index contributed by atoms with van der Waals surface area (Å²) in [5.74, 6) is -0.837. The maximum Gasteiger partial charge on any atom is 1.00 e. The molecule has 0 aromatic heterocycles. The van der Waals surface area contributed by atoms with Crippen LogP contribution in [0.2, 0.25) is 0 Å². The zero-order chi connectivity index (χ0) is 25.4. The fraction of sp³-hybridized carbons (Fsp3) is 0.640. The van der Waals surface area contributed by atoms with Crippen LogP contribution in [0.15, 0.2) is 24.3 Å². The van der Waals surface area contributed by atoms with E-state index in [4.69, 9.17) is 9.47 Å². The van der Waals surface area contributed by atoms with Crippen LogP contribution in [0.4, 0.5) is 0 Å². The van der Waals surface area contributed by atoms with Crippen molar-refractivity contribution in [3.05, 3.63) is 24.3 Å². The van der Waals surface area contributed by atoms with Gasteiger partial charge in [0, 0.05) is 4.75 Å². The number of hydrogen-bond donors (Lipinski definition) is 1. The number of carbonyl (C=O) groups excluding carboxylic acids is 3. The topological polar surface area (TPSA) is 108 Å². The van der Waals surface area contributed by atoms with Crippen LogP contribution in [0.5, 0.6) is 11.5 Å². The van der Waals surface area contributed by atoms with Gasteiger partial charge >= 0.3 is 29.6 Å². The molecule has 35 heavy (non-hydrogen) atoms. The van der Waals surface area contributed by atoms with E-state index in [-0.39, 0.29) is 47.3 Å². The van der Waals surface area contributed by atoms with Crippen LogP contribution < -0.4 is 49.5 Å². The number of nitrogens with zero attached hydrogens (tertiary/aromatic N) is 1. The van der Waals surface area contributed by atoms with Gasteiger partial charge < -0.3 is 29.6 Å². The number of para-hydroxylation sites is 2. The van der Waals surface area contributed by atoms with E-state index >= 15 is 0 Å². The summed E-state index contributed by atoms with van der Waals surface area (Å²) in [6.07, 6.45) is 0.870. The van der Waals surface area contributed by atoms with Crippen molar-refractivity contribution in [3.8, 4) is 11.5 Å². The van der Waals surface area contributed by atoms with E-state index in [1.807, 2.05) is 39.8 Å². The summed E-state index contributed by atoms with van der Waals surface area (Å²) < 4.78 is 11.2. The van der Waals surface area contributed by atoms with E-state index in [0.717, 1.165) is 0 Å². The number of thioether (sulfide) groups is 1. The number of ether oxygens (including phenoxy) is 2. The minimum Gasteiger partial charge on any atom is -0.548 e. The third-order valence-corrected chi connectivity index (χ3v) is 7.79. The number of nitrogens with one attached hydrogen (secondary N) is 1. The van der Waals surface area contributed by atoms with Crippen LogP contribution in [0.3, 0.4) is 0 Å². The maximum atomic E-state index is 13.9. The normalized spacial score (nSPS) is 22.8. The first-order valence-corrected chi connectivity index (χ1v) is 12.5. The molecule has 2 aliphatic rings. The molecular formula is C25H35N2NaO6S. The minimum absolute atomic E-state index is 0. The summed E-state index contributed by atoms with van der Waals surface area (Å²) in [4.78, 5) is 39.9. The van der Waals surface area contributed by atoms with Gasteiger partial charge in [-0.1, -0.05) is 39.8 Å². The van der Waals surface area contributed by atoms with Crippen LogP contribution in [0.25, 0.3) is 0 Å². The molecule has 0 bridgehead atoms. The third-order valence-electron chi connectivity index (χ3n) is 6.22. The molecule has 3 atom stereocenters. The number of carboxylic acids is 1. The van der Waals surface area contributed by atoms with Crippen molar-refractivity contribution in [1.29, 1.82) is 0 Å². The standard InChI is InChI=1S/C25H36N2O6S.Na/c1-14(2)12-25(13-15(3)4,33-17-11-9-8-10-16(17)32-7)23(31)26-18-20(28)27-19(22(29)30)24(5,6)34-21(18)27;/h8-11,14-15,18-19,21H,12-13H2,1-7H3,(H,26,31)(H,29,30);/q;+1/p-1/t18-,19+,21-;/m1./s1. The summed E-state index contributed by atoms with van der Waals surface area (Å²) in [5.41, 5.74) is -1.23. The first-order valence-electron chi connectivity index (χ1n) is 11.7. The molecule has 2 heterocycles. The second kappa shape index (κ2) is 11.3. The second-order valence-electron chi connectivity index (χ2n) is 10.5. The van der Waals surface area contributed by atoms with Crippen LogP contribution in [0, 0.1) is 11.8 Å². The molecule has 2 fully saturated rings. The Morgan fingerprint density at radius 3 is 2.17 bits per heavy atom. The number of β-lactam (4-membered cyclic amide) rings is 1. The van der Waals surface area contributed by atoms with Crippen LogP contribution in [-0.2, 0) is 14.4 Å². The van der Waals surface area contributed by atoms with Gasteiger partial charge in [0.05, 0.1) is 19.1 Å². The Morgan fingerprint density at radius 2 is 1.69 bits per heavy atom. The molecule has 3 rings (SSSR count). The van der Waals surface area contributed by atoms with E-state index in [1.165, 1.54) is 16.7 Å². The summed E-state index contributed by atoms with van der Waals surface area (Å²) in [7, 11) is 1.54. The molecule has 2 amide bonds. The van der Waals surface area contributed by atoms with Gasteiger partial charge in [-0.2, -0.15) is 0 Å². The number of methoxy groups -OCH3 is 1. The Bertz CT molecular complexity index is 944. The number of carbonyl (C=O) groups is 3. The molecule has 0 aliphatic carbocycles. The molecule has 0 unspecified atom stereocenters. The fourth-order valence-corrected chi connectivity index (χ4v) is 6.65. The summed E-state index contributed by atoms with van der Waals surface area (Å²) in [6.45, 7) is 11.6. The number of rotatable bonds is 10. The Labute approximate surface area is 234 Å². The minimum atomic E-state index is -1.29. The predicted molar refractivity (Wildman–Crippen MR) is 128 cm³/mol. The smallest absolute Gasteiger partial charge is 0.548 e. The van der Waals surface area contributed by atoms with Gasteiger partial charge in [0.25, 0.3) is 5.91 Å². The number of fused-ring (bicyclic) bond motifs is 1. The number of benzene rings is 1.